The summed E-state index contributed by atoms with van der Waals surface area (Å²) in [4.78, 5) is 21.1. The number of nitrogens with zero attached hydrogens (tertiary/aromatic N) is 5. The molecule has 1 saturated heterocycles. The molecule has 4 aromatic rings. The van der Waals surface area contributed by atoms with Crippen LogP contribution >= 0.6 is 0 Å². The van der Waals surface area contributed by atoms with Gasteiger partial charge in [0.15, 0.2) is 0 Å². The number of carbonyl (C=O) groups is 1. The first-order valence-electron chi connectivity index (χ1n) is 11.6. The number of ether oxygens (including phenoxy) is 1. The fourth-order valence-electron chi connectivity index (χ4n) is 4.63. The summed E-state index contributed by atoms with van der Waals surface area (Å²) < 4.78 is 48.7. The molecule has 35 heavy (non-hydrogen) atoms. The van der Waals surface area contributed by atoms with Crippen molar-refractivity contribution in [3.05, 3.63) is 36.8 Å². The largest absolute Gasteiger partial charge is 0.473 e. The topological polar surface area (TPSA) is 86.9 Å². The van der Waals surface area contributed by atoms with Gasteiger partial charge in [0.25, 0.3) is 12.7 Å². The number of benzene rings is 1. The Balaban J connectivity index is 1.40. The zero-order valence-electron chi connectivity index (χ0n) is 18.9. The maximum absolute atomic E-state index is 13.9. The van der Waals surface area contributed by atoms with E-state index in [4.69, 9.17) is 9.72 Å². The number of fused-ring (bicyclic) bond motifs is 2. The van der Waals surface area contributed by atoms with E-state index in [0.29, 0.717) is 46.2 Å². The minimum absolute atomic E-state index is 0.0107. The standard InChI is InChI=1S/C24H23F3N6O2/c1-12(14-7-20(34)28-9-14)35-24-21-18(29-11-32(21)16-3-4-16)8-17(31-24)13-2-5-19-15(6-13)10-30-33(19)23(27)22(25)26/h2,5-6,8,10-12,14,16,22-23H,3-4,7,9H2,1H3,(H,28,34)/t12-,14-,23?/m1/s1. The third-order valence-corrected chi connectivity index (χ3v) is 6.76. The van der Waals surface area contributed by atoms with Crippen LogP contribution in [0.15, 0.2) is 36.8 Å². The summed E-state index contributed by atoms with van der Waals surface area (Å²) >= 11 is 0. The summed E-state index contributed by atoms with van der Waals surface area (Å²) in [6.07, 6.45) is -0.244. The summed E-state index contributed by atoms with van der Waals surface area (Å²) in [5.74, 6) is 0.480. The van der Waals surface area contributed by atoms with Crippen molar-refractivity contribution >= 4 is 27.8 Å². The Morgan fingerprint density at radius 2 is 2.03 bits per heavy atom. The van der Waals surface area contributed by atoms with Gasteiger partial charge in [0, 0.05) is 35.9 Å². The second-order valence-corrected chi connectivity index (χ2v) is 9.22. The molecule has 1 saturated carbocycles. The molecule has 0 bridgehead atoms. The Labute approximate surface area is 198 Å². The second kappa shape index (κ2) is 8.24. The lowest BCUT2D eigenvalue weighted by molar-refractivity contribution is -0.119. The highest BCUT2D eigenvalue weighted by molar-refractivity contribution is 5.88. The Morgan fingerprint density at radius 3 is 2.74 bits per heavy atom. The van der Waals surface area contributed by atoms with Gasteiger partial charge in [-0.1, -0.05) is 6.07 Å². The molecule has 1 aliphatic carbocycles. The summed E-state index contributed by atoms with van der Waals surface area (Å²) in [6, 6.07) is 7.20. The Bertz CT molecular complexity index is 1430. The number of hydrogen-bond acceptors (Lipinski definition) is 5. The number of pyridine rings is 1. The maximum atomic E-state index is 13.9. The molecule has 182 valence electrons. The van der Waals surface area contributed by atoms with Gasteiger partial charge in [0.1, 0.15) is 11.6 Å². The van der Waals surface area contributed by atoms with E-state index in [0.717, 1.165) is 23.9 Å². The molecule has 3 aromatic heterocycles. The molecule has 3 atom stereocenters. The van der Waals surface area contributed by atoms with Crippen LogP contribution in [-0.2, 0) is 4.79 Å². The van der Waals surface area contributed by atoms with E-state index >= 15 is 0 Å². The normalized spacial score (nSPS) is 20.0. The molecule has 6 rings (SSSR count). The number of aromatic nitrogens is 5. The van der Waals surface area contributed by atoms with Crippen molar-refractivity contribution in [3.63, 3.8) is 0 Å². The number of halogens is 3. The predicted molar refractivity (Wildman–Crippen MR) is 122 cm³/mol. The van der Waals surface area contributed by atoms with Crippen LogP contribution in [0.1, 0.15) is 38.5 Å². The van der Waals surface area contributed by atoms with Crippen LogP contribution in [0.3, 0.4) is 0 Å². The smallest absolute Gasteiger partial charge is 0.289 e. The van der Waals surface area contributed by atoms with Crippen molar-refractivity contribution in [2.45, 2.75) is 51.1 Å². The van der Waals surface area contributed by atoms with Crippen molar-refractivity contribution < 1.29 is 22.7 Å². The molecule has 1 amide bonds. The number of rotatable bonds is 7. The lowest BCUT2D eigenvalue weighted by Gasteiger charge is -2.20. The predicted octanol–water partition coefficient (Wildman–Crippen LogP) is 4.42. The zero-order chi connectivity index (χ0) is 24.3. The van der Waals surface area contributed by atoms with Crippen LogP contribution in [0.2, 0.25) is 0 Å². The molecule has 0 spiro atoms. The molecule has 2 fully saturated rings. The van der Waals surface area contributed by atoms with Gasteiger partial charge >= 0.3 is 0 Å². The van der Waals surface area contributed by atoms with Crippen LogP contribution in [0.5, 0.6) is 5.88 Å². The van der Waals surface area contributed by atoms with Crippen molar-refractivity contribution in [2.24, 2.45) is 5.92 Å². The van der Waals surface area contributed by atoms with Gasteiger partial charge < -0.3 is 14.6 Å². The number of amides is 1. The fraction of sp³-hybridized carbons (Fsp3) is 0.417. The quantitative estimate of drug-likeness (QED) is 0.420. The zero-order valence-corrected chi connectivity index (χ0v) is 18.9. The van der Waals surface area contributed by atoms with E-state index in [1.54, 1.807) is 24.5 Å². The third kappa shape index (κ3) is 3.88. The van der Waals surface area contributed by atoms with Crippen LogP contribution in [0.4, 0.5) is 13.2 Å². The first-order chi connectivity index (χ1) is 16.9. The summed E-state index contributed by atoms with van der Waals surface area (Å²) in [5, 5.41) is 7.16. The average molecular weight is 484 g/mol. The van der Waals surface area contributed by atoms with Crippen LogP contribution < -0.4 is 10.1 Å². The van der Waals surface area contributed by atoms with Crippen LogP contribution in [0.25, 0.3) is 33.2 Å². The third-order valence-electron chi connectivity index (χ3n) is 6.76. The van der Waals surface area contributed by atoms with Gasteiger partial charge in [-0.3, -0.25) is 4.79 Å². The van der Waals surface area contributed by atoms with E-state index in [1.807, 2.05) is 13.0 Å². The number of imidazole rings is 1. The highest BCUT2D eigenvalue weighted by Crippen LogP contribution is 2.40. The number of nitrogens with one attached hydrogen (secondary N) is 1. The second-order valence-electron chi connectivity index (χ2n) is 9.22. The van der Waals surface area contributed by atoms with Gasteiger partial charge in [-0.2, -0.15) is 5.10 Å². The van der Waals surface area contributed by atoms with Crippen molar-refractivity contribution in [1.29, 1.82) is 0 Å². The fourth-order valence-corrected chi connectivity index (χ4v) is 4.63. The number of alkyl halides is 3. The monoisotopic (exact) mass is 484 g/mol. The SMILES string of the molecule is C[C@@H](Oc1nc(-c2ccc3c(cnn3C(F)C(F)F)c2)cc2ncn(C3CC3)c12)[C@H]1CNC(=O)C1. The molecule has 2 aliphatic rings. The highest BCUT2D eigenvalue weighted by atomic mass is 19.3. The average Bonchev–Trinajstić information content (AvgIpc) is 3.24. The van der Waals surface area contributed by atoms with Crippen molar-refractivity contribution in [2.75, 3.05) is 6.54 Å². The molecule has 1 unspecified atom stereocenters. The van der Waals surface area contributed by atoms with E-state index in [9.17, 15) is 18.0 Å². The van der Waals surface area contributed by atoms with Gasteiger partial charge in [-0.25, -0.2) is 27.8 Å². The van der Waals surface area contributed by atoms with Gasteiger partial charge in [-0.15, -0.1) is 0 Å². The first-order valence-corrected chi connectivity index (χ1v) is 11.6. The Hall–Kier alpha value is -3.63. The van der Waals surface area contributed by atoms with Crippen molar-refractivity contribution in [3.8, 4) is 17.1 Å². The summed E-state index contributed by atoms with van der Waals surface area (Å²) in [5.41, 5.74) is 3.09. The van der Waals surface area contributed by atoms with Crippen LogP contribution in [0, 0.1) is 5.92 Å². The van der Waals surface area contributed by atoms with Gasteiger partial charge in [0.2, 0.25) is 11.8 Å². The lowest BCUT2D eigenvalue weighted by Crippen LogP contribution is -2.26. The molecule has 1 aliphatic heterocycles. The molecule has 4 heterocycles. The molecule has 8 nitrogen and oxygen atoms in total. The molecule has 1 N–H and O–H groups in total. The number of hydrogen-bond donors (Lipinski definition) is 1. The first kappa shape index (κ1) is 21.9. The highest BCUT2D eigenvalue weighted by Gasteiger charge is 2.31. The molecular weight excluding hydrogens is 461 g/mol. The molecule has 11 heteroatoms. The summed E-state index contributed by atoms with van der Waals surface area (Å²) in [7, 11) is 0. The van der Waals surface area contributed by atoms with E-state index in [-0.39, 0.29) is 23.4 Å². The minimum Gasteiger partial charge on any atom is -0.473 e. The van der Waals surface area contributed by atoms with Crippen molar-refractivity contribution in [1.82, 2.24) is 29.6 Å². The number of carbonyl (C=O) groups excluding carboxylic acids is 1. The molecule has 1 aromatic carbocycles. The van der Waals surface area contributed by atoms with E-state index in [2.05, 4.69) is 20.0 Å². The van der Waals surface area contributed by atoms with Gasteiger partial charge in [-0.05, 0) is 38.0 Å². The van der Waals surface area contributed by atoms with Gasteiger partial charge in [0.05, 0.1) is 29.3 Å². The Kier molecular flexibility index (Phi) is 5.15. The van der Waals surface area contributed by atoms with E-state index < -0.39 is 12.7 Å². The minimum atomic E-state index is -3.17. The molecular formula is C24H23F3N6O2. The lowest BCUT2D eigenvalue weighted by atomic mass is 10.0. The van der Waals surface area contributed by atoms with E-state index in [1.165, 1.54) is 6.20 Å². The summed E-state index contributed by atoms with van der Waals surface area (Å²) in [6.45, 7) is 2.49. The maximum Gasteiger partial charge on any atom is 0.289 e. The Morgan fingerprint density at radius 1 is 1.20 bits per heavy atom. The molecule has 0 radical (unpaired) electrons. The van der Waals surface area contributed by atoms with Crippen LogP contribution in [-0.4, -0.2) is 49.3 Å².